The highest BCUT2D eigenvalue weighted by atomic mass is 32.2. The monoisotopic (exact) mass is 638 g/mol. The number of imidazole rings is 1. The number of anilines is 2. The van der Waals surface area contributed by atoms with Gasteiger partial charge in [-0.2, -0.15) is 21.6 Å². The third-order valence-corrected chi connectivity index (χ3v) is 8.41. The molecule has 4 rings (SSSR count). The number of amides is 3. The number of urea groups is 1. The molecule has 0 unspecified atom stereocenters. The van der Waals surface area contributed by atoms with Gasteiger partial charge in [0.2, 0.25) is 0 Å². The molecule has 0 bridgehead atoms. The lowest BCUT2D eigenvalue weighted by Crippen LogP contribution is -2.50. The summed E-state index contributed by atoms with van der Waals surface area (Å²) in [6.07, 6.45) is -2.68. The van der Waals surface area contributed by atoms with E-state index in [2.05, 4.69) is 15.0 Å². The Bertz CT molecular complexity index is 1610. The predicted octanol–water partition coefficient (Wildman–Crippen LogP) is 3.62. The van der Waals surface area contributed by atoms with Crippen LogP contribution in [0.2, 0.25) is 0 Å². The number of hydrogen-bond acceptors (Lipinski definition) is 7. The van der Waals surface area contributed by atoms with Crippen LogP contribution in [0.1, 0.15) is 29.8 Å². The molecule has 2 aromatic carbocycles. The fraction of sp³-hybridized carbons (Fsp3) is 0.393. The first kappa shape index (κ1) is 32.6. The minimum absolute atomic E-state index is 0.0333. The zero-order valence-corrected chi connectivity index (χ0v) is 25.2. The summed E-state index contributed by atoms with van der Waals surface area (Å²) in [6.45, 7) is 3.20. The summed E-state index contributed by atoms with van der Waals surface area (Å²) in [7, 11) is -1.11. The summed E-state index contributed by atoms with van der Waals surface area (Å²) in [6, 6.07) is 7.15. The molecule has 0 saturated heterocycles. The molecule has 44 heavy (non-hydrogen) atoms. The Balaban J connectivity index is 1.64. The first-order chi connectivity index (χ1) is 20.6. The van der Waals surface area contributed by atoms with E-state index in [9.17, 15) is 36.3 Å². The first-order valence-corrected chi connectivity index (χ1v) is 15.0. The second-order valence-electron chi connectivity index (χ2n) is 10.7. The van der Waals surface area contributed by atoms with Crippen LogP contribution in [-0.4, -0.2) is 83.7 Å². The highest BCUT2D eigenvalue weighted by molar-refractivity contribution is 7.92. The molecule has 0 spiro atoms. The number of carbonyl (C=O) groups excluding carboxylic acids is 2. The van der Waals surface area contributed by atoms with Gasteiger partial charge in [0.1, 0.15) is 6.10 Å². The molecule has 3 atom stereocenters. The van der Waals surface area contributed by atoms with E-state index in [-0.39, 0.29) is 47.4 Å². The van der Waals surface area contributed by atoms with Crippen LogP contribution < -0.4 is 14.8 Å². The summed E-state index contributed by atoms with van der Waals surface area (Å²) in [5.74, 6) is -0.984. The second-order valence-corrected chi connectivity index (χ2v) is 12.3. The van der Waals surface area contributed by atoms with Gasteiger partial charge in [0.05, 0.1) is 42.3 Å². The standard InChI is InChI=1S/C28H33F3N6O6S/c1-17-12-37(18(2)15-38)26(39)21-6-5-7-22(34-44(41,42)24-14-35(3)16-32-24)25(21)43-23(17)13-36(4)27(40)33-20-10-8-19(9-11-20)28(29,30)31/h5-11,14,16-18,23,34,38H,12-13,15H2,1-4H3,(H,33,40)/t17-,18+,23-/m0/s1. The number of aliphatic hydroxyl groups excluding tert-OH is 1. The number of nitrogens with one attached hydrogen (secondary N) is 2. The number of aryl methyl sites for hydroxylation is 1. The number of sulfonamides is 1. The molecule has 12 nitrogen and oxygen atoms in total. The van der Waals surface area contributed by atoms with Crippen molar-refractivity contribution in [3.05, 3.63) is 66.1 Å². The SMILES string of the molecule is C[C@H](CO)N1C[C@H](C)[C@H](CN(C)C(=O)Nc2ccc(C(F)(F)F)cc2)Oc2c(NS(=O)(=O)c3cn(C)cn3)cccc2C1=O. The quantitative estimate of drug-likeness (QED) is 0.342. The van der Waals surface area contributed by atoms with Crippen LogP contribution >= 0.6 is 0 Å². The van der Waals surface area contributed by atoms with Crippen molar-refractivity contribution in [2.45, 2.75) is 37.2 Å². The van der Waals surface area contributed by atoms with Crippen molar-refractivity contribution in [2.75, 3.05) is 36.8 Å². The largest absolute Gasteiger partial charge is 0.485 e. The van der Waals surface area contributed by atoms with Crippen LogP contribution in [0.3, 0.4) is 0 Å². The molecule has 1 aliphatic rings. The van der Waals surface area contributed by atoms with E-state index in [4.69, 9.17) is 4.74 Å². The molecule has 3 aromatic rings. The number of nitrogens with zero attached hydrogens (tertiary/aromatic N) is 4. The molecule has 16 heteroatoms. The Hall–Kier alpha value is -4.31. The van der Waals surface area contributed by atoms with E-state index in [0.29, 0.717) is 0 Å². The molecule has 0 radical (unpaired) electrons. The Kier molecular flexibility index (Phi) is 9.44. The zero-order valence-electron chi connectivity index (χ0n) is 24.4. The maximum absolute atomic E-state index is 13.6. The van der Waals surface area contributed by atoms with Gasteiger partial charge in [0, 0.05) is 38.4 Å². The van der Waals surface area contributed by atoms with Crippen LogP contribution in [-0.2, 0) is 23.2 Å². The fourth-order valence-corrected chi connectivity index (χ4v) is 5.63. The van der Waals surface area contributed by atoms with Crippen LogP contribution in [0, 0.1) is 5.92 Å². The lowest BCUT2D eigenvalue weighted by molar-refractivity contribution is -0.137. The van der Waals surface area contributed by atoms with Crippen LogP contribution in [0.4, 0.5) is 29.3 Å². The lowest BCUT2D eigenvalue weighted by Gasteiger charge is -2.38. The number of ether oxygens (including phenoxy) is 1. The van der Waals surface area contributed by atoms with Crippen molar-refractivity contribution >= 4 is 33.3 Å². The molecule has 1 aromatic heterocycles. The van der Waals surface area contributed by atoms with Crippen molar-refractivity contribution in [1.29, 1.82) is 0 Å². The molecule has 0 fully saturated rings. The number of carbonyl (C=O) groups is 2. The van der Waals surface area contributed by atoms with Crippen LogP contribution in [0.15, 0.2) is 60.0 Å². The van der Waals surface area contributed by atoms with Gasteiger partial charge in [0.25, 0.3) is 15.9 Å². The molecule has 0 aliphatic carbocycles. The summed E-state index contributed by atoms with van der Waals surface area (Å²) in [4.78, 5) is 33.3. The van der Waals surface area contributed by atoms with E-state index < -0.39 is 51.8 Å². The van der Waals surface area contributed by atoms with E-state index in [0.717, 1.165) is 24.3 Å². The Labute approximate surface area is 252 Å². The predicted molar refractivity (Wildman–Crippen MR) is 155 cm³/mol. The number of likely N-dealkylation sites (N-methyl/N-ethyl adjacent to an activating group) is 1. The third-order valence-electron chi connectivity index (χ3n) is 7.16. The average Bonchev–Trinajstić information content (AvgIpc) is 3.41. The van der Waals surface area contributed by atoms with Crippen molar-refractivity contribution in [2.24, 2.45) is 13.0 Å². The number of hydrogen-bond donors (Lipinski definition) is 3. The van der Waals surface area contributed by atoms with Gasteiger partial charge in [-0.05, 0) is 43.3 Å². The van der Waals surface area contributed by atoms with Crippen LogP contribution in [0.5, 0.6) is 5.75 Å². The number of fused-ring (bicyclic) bond motifs is 1. The number of halogens is 3. The summed E-state index contributed by atoms with van der Waals surface area (Å²) in [5.41, 5.74) is -0.703. The second kappa shape index (κ2) is 12.7. The molecule has 2 heterocycles. The number of para-hydroxylation sites is 1. The van der Waals surface area contributed by atoms with Gasteiger partial charge in [-0.25, -0.2) is 9.78 Å². The van der Waals surface area contributed by atoms with E-state index in [1.54, 1.807) is 20.9 Å². The number of alkyl halides is 3. The highest BCUT2D eigenvalue weighted by Gasteiger charge is 2.36. The van der Waals surface area contributed by atoms with Crippen molar-refractivity contribution in [1.82, 2.24) is 19.4 Å². The lowest BCUT2D eigenvalue weighted by atomic mass is 9.99. The molecule has 3 N–H and O–H groups in total. The Morgan fingerprint density at radius 3 is 2.50 bits per heavy atom. The van der Waals surface area contributed by atoms with Gasteiger partial charge in [-0.1, -0.05) is 13.0 Å². The maximum atomic E-state index is 13.6. The molecular formula is C28H33F3N6O6S. The topological polar surface area (TPSA) is 146 Å². The minimum Gasteiger partial charge on any atom is -0.485 e. The summed E-state index contributed by atoms with van der Waals surface area (Å²) >= 11 is 0. The summed E-state index contributed by atoms with van der Waals surface area (Å²) in [5, 5.41) is 12.2. The van der Waals surface area contributed by atoms with Crippen molar-refractivity contribution < 1.29 is 41.0 Å². The van der Waals surface area contributed by atoms with Crippen molar-refractivity contribution in [3.63, 3.8) is 0 Å². The van der Waals surface area contributed by atoms with Crippen LogP contribution in [0.25, 0.3) is 0 Å². The molecule has 238 valence electrons. The average molecular weight is 639 g/mol. The highest BCUT2D eigenvalue weighted by Crippen LogP contribution is 2.36. The third kappa shape index (κ3) is 7.24. The van der Waals surface area contributed by atoms with Gasteiger partial charge in [-0.3, -0.25) is 9.52 Å². The Morgan fingerprint density at radius 1 is 1.23 bits per heavy atom. The number of aromatic nitrogens is 2. The smallest absolute Gasteiger partial charge is 0.416 e. The van der Waals surface area contributed by atoms with Gasteiger partial charge < -0.3 is 29.5 Å². The van der Waals surface area contributed by atoms with E-state index >= 15 is 0 Å². The van der Waals surface area contributed by atoms with E-state index in [1.165, 1.54) is 52.1 Å². The molecule has 0 saturated carbocycles. The zero-order chi connectivity index (χ0) is 32.4. The molecule has 1 aliphatic heterocycles. The summed E-state index contributed by atoms with van der Waals surface area (Å²) < 4.78 is 75.2. The first-order valence-electron chi connectivity index (χ1n) is 13.5. The minimum atomic E-state index is -4.52. The van der Waals surface area contributed by atoms with Gasteiger partial charge in [0.15, 0.2) is 10.8 Å². The molecular weight excluding hydrogens is 605 g/mol. The number of aliphatic hydroxyl groups is 1. The fourth-order valence-electron chi connectivity index (χ4n) is 4.58. The number of benzene rings is 2. The maximum Gasteiger partial charge on any atom is 0.416 e. The van der Waals surface area contributed by atoms with Gasteiger partial charge in [-0.15, -0.1) is 0 Å². The number of rotatable bonds is 8. The van der Waals surface area contributed by atoms with Crippen molar-refractivity contribution in [3.8, 4) is 5.75 Å². The normalized spacial score (nSPS) is 18.0. The van der Waals surface area contributed by atoms with Gasteiger partial charge >= 0.3 is 12.2 Å². The Morgan fingerprint density at radius 2 is 1.91 bits per heavy atom. The van der Waals surface area contributed by atoms with E-state index in [1.807, 2.05) is 0 Å². The molecule has 3 amide bonds.